The quantitative estimate of drug-likeness (QED) is 0.149. The first-order valence-electron chi connectivity index (χ1n) is 9.75. The molecule has 176 valence electrons. The number of carboxylic acid groups (broad SMARTS) is 2. The summed E-state index contributed by atoms with van der Waals surface area (Å²) in [4.78, 5) is 49.4. The maximum absolute atomic E-state index is 12.6. The molecule has 0 aliphatic carbocycles. The number of carboxylic acids is 2. The first-order valence-corrected chi connectivity index (χ1v) is 10.6. The highest BCUT2D eigenvalue weighted by Gasteiger charge is 2.27. The SMILES string of the molecule is CC(C)N(Cc1ccc(C(=O)Oc2ccc(C(=N)N)cc2)s1)C(=O)NC(CC(=O)O)C(=O)O. The van der Waals surface area contributed by atoms with Crippen molar-refractivity contribution >= 4 is 41.1 Å². The van der Waals surface area contributed by atoms with Gasteiger partial charge in [0.15, 0.2) is 0 Å². The Morgan fingerprint density at radius 2 is 1.76 bits per heavy atom. The van der Waals surface area contributed by atoms with Crippen LogP contribution in [0.5, 0.6) is 5.75 Å². The lowest BCUT2D eigenvalue weighted by atomic mass is 10.2. The number of hydrogen-bond acceptors (Lipinski definition) is 7. The minimum Gasteiger partial charge on any atom is -0.481 e. The number of nitrogens with zero attached hydrogens (tertiary/aromatic N) is 1. The Bertz CT molecular complexity index is 1050. The molecule has 12 heteroatoms. The summed E-state index contributed by atoms with van der Waals surface area (Å²) in [5, 5.41) is 27.6. The highest BCUT2D eigenvalue weighted by Crippen LogP contribution is 2.22. The Morgan fingerprint density at radius 3 is 2.27 bits per heavy atom. The third-order valence-electron chi connectivity index (χ3n) is 4.42. The van der Waals surface area contributed by atoms with Gasteiger partial charge in [0.25, 0.3) is 0 Å². The van der Waals surface area contributed by atoms with E-state index in [0.717, 1.165) is 11.3 Å². The molecule has 11 nitrogen and oxygen atoms in total. The van der Waals surface area contributed by atoms with Gasteiger partial charge in [-0.25, -0.2) is 14.4 Å². The number of hydrogen-bond donors (Lipinski definition) is 5. The van der Waals surface area contributed by atoms with Gasteiger partial charge in [0.05, 0.1) is 13.0 Å². The van der Waals surface area contributed by atoms with Crippen molar-refractivity contribution in [2.24, 2.45) is 5.73 Å². The number of nitrogens with two attached hydrogens (primary N) is 1. The monoisotopic (exact) mass is 476 g/mol. The molecule has 1 aromatic heterocycles. The molecule has 0 aliphatic heterocycles. The number of carbonyl (C=O) groups is 4. The van der Waals surface area contributed by atoms with Crippen molar-refractivity contribution < 1.29 is 34.1 Å². The number of thiophene rings is 1. The average molecular weight is 477 g/mol. The summed E-state index contributed by atoms with van der Waals surface area (Å²) < 4.78 is 5.31. The number of nitrogen functional groups attached to an aromatic ring is 1. The second-order valence-corrected chi connectivity index (χ2v) is 8.42. The van der Waals surface area contributed by atoms with Crippen molar-refractivity contribution in [2.45, 2.75) is 38.9 Å². The zero-order valence-electron chi connectivity index (χ0n) is 17.9. The van der Waals surface area contributed by atoms with Crippen LogP contribution in [0.25, 0.3) is 0 Å². The van der Waals surface area contributed by atoms with E-state index < -0.39 is 36.4 Å². The lowest BCUT2D eigenvalue weighted by Crippen LogP contribution is -2.50. The Balaban J connectivity index is 2.06. The van der Waals surface area contributed by atoms with Gasteiger partial charge in [-0.1, -0.05) is 0 Å². The van der Waals surface area contributed by atoms with Crippen LogP contribution >= 0.6 is 11.3 Å². The van der Waals surface area contributed by atoms with E-state index in [2.05, 4.69) is 5.32 Å². The molecule has 6 N–H and O–H groups in total. The van der Waals surface area contributed by atoms with Crippen LogP contribution in [0, 0.1) is 5.41 Å². The van der Waals surface area contributed by atoms with Gasteiger partial charge in [-0.2, -0.15) is 0 Å². The van der Waals surface area contributed by atoms with Gasteiger partial charge in [-0.15, -0.1) is 11.3 Å². The highest BCUT2D eigenvalue weighted by molar-refractivity contribution is 7.13. The summed E-state index contributed by atoms with van der Waals surface area (Å²) in [6.07, 6.45) is -0.755. The summed E-state index contributed by atoms with van der Waals surface area (Å²) in [7, 11) is 0. The molecule has 0 aliphatic rings. The Morgan fingerprint density at radius 1 is 1.12 bits per heavy atom. The van der Waals surface area contributed by atoms with Crippen molar-refractivity contribution in [3.8, 4) is 5.75 Å². The lowest BCUT2D eigenvalue weighted by molar-refractivity contribution is -0.145. The van der Waals surface area contributed by atoms with E-state index in [9.17, 15) is 19.2 Å². The maximum Gasteiger partial charge on any atom is 0.353 e. The van der Waals surface area contributed by atoms with Crippen molar-refractivity contribution in [3.05, 3.63) is 51.7 Å². The fourth-order valence-electron chi connectivity index (χ4n) is 2.70. The number of esters is 1. The molecule has 2 rings (SSSR count). The molecule has 1 aromatic carbocycles. The van der Waals surface area contributed by atoms with E-state index in [-0.39, 0.29) is 24.2 Å². The smallest absolute Gasteiger partial charge is 0.353 e. The minimum atomic E-state index is -1.57. The molecule has 1 atom stereocenters. The maximum atomic E-state index is 12.6. The predicted molar refractivity (Wildman–Crippen MR) is 120 cm³/mol. The fourth-order valence-corrected chi connectivity index (χ4v) is 3.58. The lowest BCUT2D eigenvalue weighted by Gasteiger charge is -2.27. The van der Waals surface area contributed by atoms with Gasteiger partial charge in [0.2, 0.25) is 0 Å². The first-order chi connectivity index (χ1) is 15.5. The number of amidine groups is 1. The number of amides is 2. The summed E-state index contributed by atoms with van der Waals surface area (Å²) in [6, 6.07) is 6.70. The number of urea groups is 1. The minimum absolute atomic E-state index is 0.0775. The van der Waals surface area contributed by atoms with Gasteiger partial charge >= 0.3 is 23.9 Å². The van der Waals surface area contributed by atoms with Crippen LogP contribution in [0.3, 0.4) is 0 Å². The van der Waals surface area contributed by atoms with Gasteiger partial charge in [-0.05, 0) is 50.2 Å². The number of carbonyl (C=O) groups excluding carboxylic acids is 2. The van der Waals surface area contributed by atoms with E-state index in [0.29, 0.717) is 15.3 Å². The van der Waals surface area contributed by atoms with Gasteiger partial charge in [0, 0.05) is 16.5 Å². The standard InChI is InChI=1S/C21H24N4O7S/c1-11(2)25(21(31)24-15(19(28)29)9-17(26)27)10-14-7-8-16(33-14)20(30)32-13-5-3-12(4-6-13)18(22)23/h3-8,11,15H,9-10H2,1-2H3,(H3,22,23)(H,24,31)(H,26,27)(H,28,29). The number of nitrogens with one attached hydrogen (secondary N) is 2. The van der Waals surface area contributed by atoms with Crippen LogP contribution in [0.1, 0.15) is 40.4 Å². The molecular weight excluding hydrogens is 452 g/mol. The van der Waals surface area contributed by atoms with Crippen LogP contribution in [0.2, 0.25) is 0 Å². The molecule has 2 amide bonds. The van der Waals surface area contributed by atoms with Crippen molar-refractivity contribution in [2.75, 3.05) is 0 Å². The van der Waals surface area contributed by atoms with Crippen molar-refractivity contribution in [3.63, 3.8) is 0 Å². The summed E-state index contributed by atoms with van der Waals surface area (Å²) in [5.41, 5.74) is 5.89. The van der Waals surface area contributed by atoms with E-state index in [1.165, 1.54) is 17.0 Å². The molecule has 0 spiro atoms. The van der Waals surface area contributed by atoms with Gasteiger partial charge in [0.1, 0.15) is 22.5 Å². The summed E-state index contributed by atoms with van der Waals surface area (Å²) in [5.74, 6) is -3.23. The third-order valence-corrected chi connectivity index (χ3v) is 5.47. The van der Waals surface area contributed by atoms with E-state index in [1.807, 2.05) is 0 Å². The normalized spacial score (nSPS) is 11.5. The summed E-state index contributed by atoms with van der Waals surface area (Å²) >= 11 is 1.11. The van der Waals surface area contributed by atoms with Gasteiger partial charge < -0.3 is 30.9 Å². The Labute approximate surface area is 193 Å². The van der Waals surface area contributed by atoms with E-state index in [1.54, 1.807) is 38.1 Å². The van der Waals surface area contributed by atoms with Crippen molar-refractivity contribution in [1.29, 1.82) is 5.41 Å². The summed E-state index contributed by atoms with van der Waals surface area (Å²) in [6.45, 7) is 3.52. The first kappa shape index (κ1) is 25.3. The number of rotatable bonds is 10. The molecule has 1 heterocycles. The molecular formula is C21H24N4O7S. The second-order valence-electron chi connectivity index (χ2n) is 7.25. The number of aliphatic carboxylic acids is 2. The number of ether oxygens (including phenoxy) is 1. The topological polar surface area (TPSA) is 183 Å². The van der Waals surface area contributed by atoms with Crippen LogP contribution in [0.4, 0.5) is 4.79 Å². The Hall–Kier alpha value is -3.93. The predicted octanol–water partition coefficient (Wildman–Crippen LogP) is 2.10. The third kappa shape index (κ3) is 7.31. The second kappa shape index (κ2) is 11.1. The van der Waals surface area contributed by atoms with Crippen LogP contribution in [0.15, 0.2) is 36.4 Å². The fraction of sp³-hybridized carbons (Fsp3) is 0.286. The molecule has 0 saturated carbocycles. The zero-order valence-corrected chi connectivity index (χ0v) is 18.7. The van der Waals surface area contributed by atoms with Crippen molar-refractivity contribution in [1.82, 2.24) is 10.2 Å². The Kier molecular flexibility index (Phi) is 8.51. The van der Waals surface area contributed by atoms with Crippen LogP contribution in [-0.2, 0) is 16.1 Å². The molecule has 33 heavy (non-hydrogen) atoms. The molecule has 2 aromatic rings. The largest absolute Gasteiger partial charge is 0.481 e. The van der Waals surface area contributed by atoms with Gasteiger partial charge in [-0.3, -0.25) is 10.2 Å². The average Bonchev–Trinajstić information content (AvgIpc) is 3.20. The van der Waals surface area contributed by atoms with E-state index >= 15 is 0 Å². The molecule has 0 fully saturated rings. The molecule has 1 unspecified atom stereocenters. The van der Waals surface area contributed by atoms with E-state index in [4.69, 9.17) is 26.1 Å². The molecule has 0 saturated heterocycles. The molecule has 0 radical (unpaired) electrons. The highest BCUT2D eigenvalue weighted by atomic mass is 32.1. The van der Waals surface area contributed by atoms with Crippen LogP contribution < -0.4 is 15.8 Å². The number of benzene rings is 1. The molecule has 0 bridgehead atoms. The zero-order chi connectivity index (χ0) is 24.7. The van der Waals surface area contributed by atoms with Crippen LogP contribution in [-0.4, -0.2) is 57.0 Å².